The van der Waals surface area contributed by atoms with E-state index < -0.39 is 0 Å². The Morgan fingerprint density at radius 3 is 2.65 bits per heavy atom. The van der Waals surface area contributed by atoms with Crippen LogP contribution in [0.15, 0.2) is 24.3 Å². The molecule has 8 nitrogen and oxygen atoms in total. The number of benzene rings is 1. The van der Waals surface area contributed by atoms with Crippen LogP contribution in [0.4, 0.5) is 14.3 Å². The van der Waals surface area contributed by atoms with Gasteiger partial charge in [0.25, 0.3) is 0 Å². The van der Waals surface area contributed by atoms with Gasteiger partial charge in [-0.15, -0.1) is 0 Å². The average molecular weight is 532 g/mol. The molecule has 2 aliphatic heterocycles. The van der Waals surface area contributed by atoms with Crippen LogP contribution in [-0.2, 0) is 6.42 Å². The van der Waals surface area contributed by atoms with Crippen molar-refractivity contribution >= 4 is 28.3 Å². The fourth-order valence-electron chi connectivity index (χ4n) is 5.67. The number of hydrogen-bond donors (Lipinski definition) is 3. The maximum absolute atomic E-state index is 13.3. The number of likely N-dealkylation sites (tertiary alicyclic amines) is 2. The second-order valence-corrected chi connectivity index (χ2v) is 11.4. The number of nitrogens with zero attached hydrogens (tertiary/aromatic N) is 3. The molecular weight excluding hydrogens is 493 g/mol. The van der Waals surface area contributed by atoms with Gasteiger partial charge in [-0.25, -0.2) is 14.2 Å². The van der Waals surface area contributed by atoms with E-state index >= 15 is 0 Å². The van der Waals surface area contributed by atoms with Crippen molar-refractivity contribution in [1.82, 2.24) is 20.1 Å². The maximum atomic E-state index is 13.3. The van der Waals surface area contributed by atoms with Crippen LogP contribution in [0.25, 0.3) is 0 Å². The number of piperidine rings is 2. The molecule has 2 aliphatic rings. The maximum Gasteiger partial charge on any atom is 0.321 e. The van der Waals surface area contributed by atoms with Gasteiger partial charge in [-0.1, -0.05) is 23.5 Å². The van der Waals surface area contributed by atoms with E-state index in [1.807, 2.05) is 12.1 Å². The Balaban J connectivity index is 1.36. The van der Waals surface area contributed by atoms with Crippen LogP contribution in [-0.4, -0.2) is 83.6 Å². The van der Waals surface area contributed by atoms with E-state index in [4.69, 9.17) is 0 Å². The lowest BCUT2D eigenvalue weighted by molar-refractivity contribution is 0.0760. The predicted octanol–water partition coefficient (Wildman–Crippen LogP) is 3.55. The first kappa shape index (κ1) is 27.6. The van der Waals surface area contributed by atoms with Crippen molar-refractivity contribution < 1.29 is 19.1 Å². The third-order valence-corrected chi connectivity index (χ3v) is 8.59. The summed E-state index contributed by atoms with van der Waals surface area (Å²) in [6, 6.07) is 6.52. The van der Waals surface area contributed by atoms with E-state index in [0.717, 1.165) is 58.4 Å². The van der Waals surface area contributed by atoms with Gasteiger partial charge in [0.15, 0.2) is 10.9 Å². The summed E-state index contributed by atoms with van der Waals surface area (Å²) in [7, 11) is 0. The number of β-amino-alcohol motifs (C(OH)–C–C–N with tert-alkyl or cyclic N) is 1. The van der Waals surface area contributed by atoms with Crippen molar-refractivity contribution in [1.29, 1.82) is 0 Å². The molecular formula is C27H38FN5O3S. The minimum atomic E-state index is -0.303. The highest BCUT2D eigenvalue weighted by Gasteiger charge is 2.33. The largest absolute Gasteiger partial charge is 0.395 e. The third-order valence-electron chi connectivity index (χ3n) is 7.42. The molecule has 0 radical (unpaired) electrons. The smallest absolute Gasteiger partial charge is 0.321 e. The zero-order valence-corrected chi connectivity index (χ0v) is 22.5. The number of ketones is 1. The molecule has 2 amide bonds. The summed E-state index contributed by atoms with van der Waals surface area (Å²) in [5.41, 5.74) is 1.80. The van der Waals surface area contributed by atoms with Gasteiger partial charge < -0.3 is 20.2 Å². The van der Waals surface area contributed by atoms with Gasteiger partial charge in [0, 0.05) is 51.6 Å². The van der Waals surface area contributed by atoms with Crippen LogP contribution in [0.3, 0.4) is 0 Å². The number of aryl methyl sites for hydroxylation is 1. The first-order chi connectivity index (χ1) is 17.8. The Morgan fingerprint density at radius 1 is 1.16 bits per heavy atom. The summed E-state index contributed by atoms with van der Waals surface area (Å²) in [6.45, 7) is 8.55. The van der Waals surface area contributed by atoms with Gasteiger partial charge >= 0.3 is 6.03 Å². The monoisotopic (exact) mass is 531 g/mol. The number of nitrogens with one attached hydrogen (secondary N) is 2. The van der Waals surface area contributed by atoms with E-state index in [2.05, 4.69) is 25.4 Å². The van der Waals surface area contributed by atoms with Crippen LogP contribution < -0.4 is 10.6 Å². The van der Waals surface area contributed by atoms with Gasteiger partial charge in [-0.05, 0) is 62.8 Å². The number of aromatic nitrogens is 1. The normalized spacial score (nSPS) is 23.1. The topological polar surface area (TPSA) is 97.8 Å². The number of aliphatic hydroxyl groups is 1. The summed E-state index contributed by atoms with van der Waals surface area (Å²) in [5, 5.41) is 15.9. The molecule has 1 aromatic carbocycles. The molecule has 202 valence electrons. The number of aliphatic hydroxyl groups excluding tert-OH is 1. The van der Waals surface area contributed by atoms with Crippen molar-refractivity contribution in [2.24, 2.45) is 11.8 Å². The lowest BCUT2D eigenvalue weighted by atomic mass is 9.88. The molecule has 0 unspecified atom stereocenters. The number of rotatable bonds is 9. The summed E-state index contributed by atoms with van der Waals surface area (Å²) in [4.78, 5) is 34.2. The molecule has 3 N–H and O–H groups in total. The van der Waals surface area contributed by atoms with Gasteiger partial charge in [-0.2, -0.15) is 0 Å². The molecule has 0 spiro atoms. The second kappa shape index (κ2) is 12.9. The Morgan fingerprint density at radius 2 is 1.95 bits per heavy atom. The fraction of sp³-hybridized carbons (Fsp3) is 0.593. The van der Waals surface area contributed by atoms with E-state index in [0.29, 0.717) is 28.2 Å². The third kappa shape index (κ3) is 7.80. The first-order valence-electron chi connectivity index (χ1n) is 13.2. The number of hydrogen-bond acceptors (Lipinski definition) is 7. The molecule has 2 fully saturated rings. The minimum absolute atomic E-state index is 0.000699. The molecule has 10 heteroatoms. The van der Waals surface area contributed by atoms with Crippen molar-refractivity contribution in [3.05, 3.63) is 46.2 Å². The quantitative estimate of drug-likeness (QED) is 0.428. The number of Topliss-reactive ketones (excluding diaryl/α,β-unsaturated/α-hetero) is 1. The molecule has 37 heavy (non-hydrogen) atoms. The molecule has 2 saturated heterocycles. The van der Waals surface area contributed by atoms with E-state index in [1.54, 1.807) is 6.92 Å². The summed E-state index contributed by atoms with van der Waals surface area (Å²) in [6.07, 6.45) is 4.03. The van der Waals surface area contributed by atoms with E-state index in [1.165, 1.54) is 36.0 Å². The van der Waals surface area contributed by atoms with E-state index in [9.17, 15) is 19.1 Å². The average Bonchev–Trinajstić information content (AvgIpc) is 3.22. The number of urea groups is 1. The molecule has 0 bridgehead atoms. The highest BCUT2D eigenvalue weighted by atomic mass is 32.1. The lowest BCUT2D eigenvalue weighted by Crippen LogP contribution is -2.56. The van der Waals surface area contributed by atoms with Crippen molar-refractivity contribution in [2.45, 2.75) is 45.6 Å². The standard InChI is InChI=1S/C27H38FN5O3S/c1-18-25(19(2)35)37-27(29-18)31-26(36)30-24-9-11-32(12-13-34)16-22(24)17-33-10-3-4-21(15-33)14-20-5-7-23(28)8-6-20/h5-8,21-22,24,34H,3-4,9-17H2,1-2H3,(H2,29,30,31,36)/t21-,22-,24+/m0/s1. The molecule has 0 saturated carbocycles. The molecule has 4 rings (SSSR count). The van der Waals surface area contributed by atoms with Crippen LogP contribution in [0.1, 0.15) is 47.1 Å². The number of carbonyl (C=O) groups is 2. The Kier molecular flexibility index (Phi) is 9.64. The predicted molar refractivity (Wildman–Crippen MR) is 144 cm³/mol. The highest BCUT2D eigenvalue weighted by molar-refractivity contribution is 7.17. The van der Waals surface area contributed by atoms with E-state index in [-0.39, 0.29) is 36.2 Å². The van der Waals surface area contributed by atoms with Gasteiger partial charge in [-0.3, -0.25) is 10.1 Å². The second-order valence-electron chi connectivity index (χ2n) is 10.4. The molecule has 2 aromatic rings. The van der Waals surface area contributed by atoms with Crippen LogP contribution in [0, 0.1) is 24.6 Å². The summed E-state index contributed by atoms with van der Waals surface area (Å²) < 4.78 is 13.3. The Bertz CT molecular complexity index is 1060. The minimum Gasteiger partial charge on any atom is -0.395 e. The zero-order valence-electron chi connectivity index (χ0n) is 21.7. The van der Waals surface area contributed by atoms with Crippen molar-refractivity contribution in [3.63, 3.8) is 0 Å². The highest BCUT2D eigenvalue weighted by Crippen LogP contribution is 2.26. The Hall–Kier alpha value is -2.40. The lowest BCUT2D eigenvalue weighted by Gasteiger charge is -2.42. The molecule has 3 atom stereocenters. The SMILES string of the molecule is CC(=O)c1sc(NC(=O)N[C@@H]2CCN(CCO)C[C@H]2CN2CCC[C@@H](Cc3ccc(F)cc3)C2)nc1C. The Labute approximate surface area is 222 Å². The fourth-order valence-corrected chi connectivity index (χ4v) is 6.53. The number of carbonyl (C=O) groups excluding carboxylic acids is 2. The number of halogens is 1. The molecule has 0 aliphatic carbocycles. The van der Waals surface area contributed by atoms with Gasteiger partial charge in [0.1, 0.15) is 5.82 Å². The number of amides is 2. The van der Waals surface area contributed by atoms with Crippen molar-refractivity contribution in [3.8, 4) is 0 Å². The summed E-state index contributed by atoms with van der Waals surface area (Å²) in [5.74, 6) is 0.487. The van der Waals surface area contributed by atoms with Crippen LogP contribution in [0.5, 0.6) is 0 Å². The number of anilines is 1. The van der Waals surface area contributed by atoms with Crippen LogP contribution >= 0.6 is 11.3 Å². The van der Waals surface area contributed by atoms with Crippen molar-refractivity contribution in [2.75, 3.05) is 51.2 Å². The van der Waals surface area contributed by atoms with Crippen LogP contribution in [0.2, 0.25) is 0 Å². The van der Waals surface area contributed by atoms with Gasteiger partial charge in [0.05, 0.1) is 17.2 Å². The zero-order chi connectivity index (χ0) is 26.4. The molecule has 1 aromatic heterocycles. The number of thiazole rings is 1. The summed E-state index contributed by atoms with van der Waals surface area (Å²) >= 11 is 1.20. The molecule has 3 heterocycles. The first-order valence-corrected chi connectivity index (χ1v) is 14.0. The van der Waals surface area contributed by atoms with Gasteiger partial charge in [0.2, 0.25) is 0 Å².